The number of piperazine rings is 1. The number of fused-ring (bicyclic) bond motifs is 1. The van der Waals surface area contributed by atoms with Crippen LogP contribution in [0, 0.1) is 0 Å². The topological polar surface area (TPSA) is 71.1 Å². The summed E-state index contributed by atoms with van der Waals surface area (Å²) < 4.78 is 10.8. The Hall–Kier alpha value is -2.48. The lowest BCUT2D eigenvalue weighted by atomic mass is 10.0. The fraction of sp³-hybridized carbons (Fsp3) is 0.520. The molecule has 2 aromatic carbocycles. The second-order valence-electron chi connectivity index (χ2n) is 8.56. The number of carbonyl (C=O) groups excluding carboxylic acids is 2. The van der Waals surface area contributed by atoms with Gasteiger partial charge in [-0.05, 0) is 29.2 Å². The van der Waals surface area contributed by atoms with Crippen molar-refractivity contribution < 1.29 is 19.1 Å². The van der Waals surface area contributed by atoms with E-state index in [1.807, 2.05) is 17.0 Å². The standard InChI is InChI=1S/C25H33N3O4/c1-31-15-16-32-21-9-12-27(13-10-21)24(29)17-23-25(30)26-11-14-28(23)18-20-7-4-6-19-5-2-3-8-22(19)20/h2-8,21,23H,9-18H2,1H3,(H,26,30). The number of rotatable bonds is 8. The van der Waals surface area contributed by atoms with Crippen LogP contribution >= 0.6 is 0 Å². The van der Waals surface area contributed by atoms with Crippen molar-refractivity contribution >= 4 is 22.6 Å². The van der Waals surface area contributed by atoms with Crippen LogP contribution in [0.5, 0.6) is 0 Å². The van der Waals surface area contributed by atoms with E-state index in [9.17, 15) is 9.59 Å². The Balaban J connectivity index is 1.38. The molecule has 0 spiro atoms. The zero-order chi connectivity index (χ0) is 22.3. The van der Waals surface area contributed by atoms with E-state index in [0.717, 1.165) is 19.4 Å². The predicted molar refractivity (Wildman–Crippen MR) is 123 cm³/mol. The van der Waals surface area contributed by atoms with E-state index in [1.165, 1.54) is 16.3 Å². The van der Waals surface area contributed by atoms with Crippen molar-refractivity contribution in [3.8, 4) is 0 Å². The third-order valence-corrected chi connectivity index (χ3v) is 6.50. The molecule has 4 rings (SSSR count). The maximum absolute atomic E-state index is 13.0. The lowest BCUT2D eigenvalue weighted by Gasteiger charge is -2.37. The fourth-order valence-corrected chi connectivity index (χ4v) is 4.69. The van der Waals surface area contributed by atoms with Crippen LogP contribution in [0.15, 0.2) is 42.5 Å². The predicted octanol–water partition coefficient (Wildman–Crippen LogP) is 2.18. The molecule has 1 unspecified atom stereocenters. The summed E-state index contributed by atoms with van der Waals surface area (Å²) >= 11 is 0. The van der Waals surface area contributed by atoms with Gasteiger partial charge in [0.2, 0.25) is 11.8 Å². The third-order valence-electron chi connectivity index (χ3n) is 6.50. The molecule has 0 aromatic heterocycles. The minimum atomic E-state index is -0.439. The van der Waals surface area contributed by atoms with Gasteiger partial charge in [0.15, 0.2) is 0 Å². The van der Waals surface area contributed by atoms with Crippen LogP contribution in [0.2, 0.25) is 0 Å². The fourth-order valence-electron chi connectivity index (χ4n) is 4.69. The van der Waals surface area contributed by atoms with E-state index in [-0.39, 0.29) is 24.3 Å². The van der Waals surface area contributed by atoms with Crippen molar-refractivity contribution in [3.63, 3.8) is 0 Å². The van der Waals surface area contributed by atoms with E-state index < -0.39 is 6.04 Å². The molecule has 2 aliphatic rings. The molecular weight excluding hydrogens is 406 g/mol. The SMILES string of the molecule is COCCOC1CCN(C(=O)CC2C(=O)NCCN2Cc2cccc3ccccc23)CC1. The van der Waals surface area contributed by atoms with Crippen molar-refractivity contribution in [1.82, 2.24) is 15.1 Å². The van der Waals surface area contributed by atoms with Crippen LogP contribution in [0.3, 0.4) is 0 Å². The Morgan fingerprint density at radius 2 is 1.84 bits per heavy atom. The average molecular weight is 440 g/mol. The molecule has 172 valence electrons. The van der Waals surface area contributed by atoms with Gasteiger partial charge in [-0.3, -0.25) is 14.5 Å². The lowest BCUT2D eigenvalue weighted by Crippen LogP contribution is -2.56. The monoisotopic (exact) mass is 439 g/mol. The van der Waals surface area contributed by atoms with Crippen LogP contribution in [0.1, 0.15) is 24.8 Å². The molecular formula is C25H33N3O4. The number of carbonyl (C=O) groups is 2. The molecule has 0 saturated carbocycles. The molecule has 32 heavy (non-hydrogen) atoms. The largest absolute Gasteiger partial charge is 0.382 e. The van der Waals surface area contributed by atoms with Crippen molar-refractivity contribution in [2.45, 2.75) is 38.0 Å². The summed E-state index contributed by atoms with van der Waals surface area (Å²) in [7, 11) is 1.66. The molecule has 2 fully saturated rings. The maximum Gasteiger partial charge on any atom is 0.237 e. The summed E-state index contributed by atoms with van der Waals surface area (Å²) in [5, 5.41) is 5.33. The molecule has 2 aliphatic heterocycles. The lowest BCUT2D eigenvalue weighted by molar-refractivity contribution is -0.140. The van der Waals surface area contributed by atoms with Crippen LogP contribution in [-0.4, -0.2) is 80.3 Å². The number of piperidine rings is 1. The Morgan fingerprint density at radius 3 is 2.66 bits per heavy atom. The molecule has 0 radical (unpaired) electrons. The third kappa shape index (κ3) is 5.46. The molecule has 1 N–H and O–H groups in total. The minimum Gasteiger partial charge on any atom is -0.382 e. The first-order chi connectivity index (χ1) is 15.7. The number of benzene rings is 2. The minimum absolute atomic E-state index is 0.0466. The summed E-state index contributed by atoms with van der Waals surface area (Å²) in [5.41, 5.74) is 1.18. The number of ether oxygens (including phenoxy) is 2. The van der Waals surface area contributed by atoms with Gasteiger partial charge in [0, 0.05) is 39.8 Å². The van der Waals surface area contributed by atoms with Crippen LogP contribution in [0.4, 0.5) is 0 Å². The molecule has 7 nitrogen and oxygen atoms in total. The average Bonchev–Trinajstić information content (AvgIpc) is 2.82. The van der Waals surface area contributed by atoms with Gasteiger partial charge in [0.05, 0.1) is 31.8 Å². The number of nitrogens with one attached hydrogen (secondary N) is 1. The van der Waals surface area contributed by atoms with Gasteiger partial charge in [0.1, 0.15) is 0 Å². The maximum atomic E-state index is 13.0. The van der Waals surface area contributed by atoms with E-state index in [2.05, 4.69) is 40.5 Å². The first kappa shape index (κ1) is 22.7. The molecule has 2 heterocycles. The van der Waals surface area contributed by atoms with Crippen molar-refractivity contribution in [1.29, 1.82) is 0 Å². The van der Waals surface area contributed by atoms with Crippen molar-refractivity contribution in [2.24, 2.45) is 0 Å². The second-order valence-corrected chi connectivity index (χ2v) is 8.56. The summed E-state index contributed by atoms with van der Waals surface area (Å²) in [6, 6.07) is 14.1. The summed E-state index contributed by atoms with van der Waals surface area (Å²) in [6.45, 7) is 4.52. The Kier molecular flexibility index (Phi) is 7.73. The number of amides is 2. The van der Waals surface area contributed by atoms with Crippen LogP contribution in [0.25, 0.3) is 10.8 Å². The summed E-state index contributed by atoms with van der Waals surface area (Å²) in [5.74, 6) is -0.00654. The smallest absolute Gasteiger partial charge is 0.237 e. The quantitative estimate of drug-likeness (QED) is 0.639. The van der Waals surface area contributed by atoms with E-state index in [4.69, 9.17) is 9.47 Å². The second kappa shape index (κ2) is 10.9. The molecule has 1 atom stereocenters. The zero-order valence-electron chi connectivity index (χ0n) is 18.8. The number of nitrogens with zero attached hydrogens (tertiary/aromatic N) is 2. The Morgan fingerprint density at radius 1 is 1.06 bits per heavy atom. The van der Waals surface area contributed by atoms with Gasteiger partial charge in [-0.1, -0.05) is 42.5 Å². The number of hydrogen-bond donors (Lipinski definition) is 1. The van der Waals surface area contributed by atoms with Gasteiger partial charge in [-0.25, -0.2) is 0 Å². The van der Waals surface area contributed by atoms with Crippen molar-refractivity contribution in [3.05, 3.63) is 48.0 Å². The Bertz CT molecular complexity index is 921. The zero-order valence-corrected chi connectivity index (χ0v) is 18.8. The van der Waals surface area contributed by atoms with Crippen LogP contribution < -0.4 is 5.32 Å². The molecule has 7 heteroatoms. The van der Waals surface area contributed by atoms with Crippen LogP contribution in [-0.2, 0) is 25.6 Å². The number of hydrogen-bond acceptors (Lipinski definition) is 5. The molecule has 2 aromatic rings. The van der Waals surface area contributed by atoms with Crippen molar-refractivity contribution in [2.75, 3.05) is 46.5 Å². The number of methoxy groups -OCH3 is 1. The van der Waals surface area contributed by atoms with E-state index in [1.54, 1.807) is 7.11 Å². The molecule has 2 saturated heterocycles. The number of likely N-dealkylation sites (tertiary alicyclic amines) is 1. The molecule has 0 bridgehead atoms. The first-order valence-electron chi connectivity index (χ1n) is 11.5. The highest BCUT2D eigenvalue weighted by Gasteiger charge is 2.34. The first-order valence-corrected chi connectivity index (χ1v) is 11.5. The van der Waals surface area contributed by atoms with Gasteiger partial charge in [0.25, 0.3) is 0 Å². The van der Waals surface area contributed by atoms with Gasteiger partial charge < -0.3 is 19.7 Å². The van der Waals surface area contributed by atoms with Gasteiger partial charge in [-0.2, -0.15) is 0 Å². The highest BCUT2D eigenvalue weighted by Crippen LogP contribution is 2.23. The molecule has 2 amide bonds. The molecule has 0 aliphatic carbocycles. The Labute approximate surface area is 189 Å². The highest BCUT2D eigenvalue weighted by molar-refractivity contribution is 5.89. The summed E-state index contributed by atoms with van der Waals surface area (Å²) in [4.78, 5) is 29.8. The highest BCUT2D eigenvalue weighted by atomic mass is 16.5. The normalized spacial score (nSPS) is 20.5. The van der Waals surface area contributed by atoms with E-state index in [0.29, 0.717) is 39.4 Å². The van der Waals surface area contributed by atoms with E-state index >= 15 is 0 Å². The summed E-state index contributed by atoms with van der Waals surface area (Å²) in [6.07, 6.45) is 2.04. The van der Waals surface area contributed by atoms with Gasteiger partial charge in [-0.15, -0.1) is 0 Å². The van der Waals surface area contributed by atoms with Gasteiger partial charge >= 0.3 is 0 Å².